The number of sulfonamides is 1. The summed E-state index contributed by atoms with van der Waals surface area (Å²) < 4.78 is 53.0. The first-order valence-electron chi connectivity index (χ1n) is 9.95. The lowest BCUT2D eigenvalue weighted by Gasteiger charge is -2.25. The molecule has 0 saturated carbocycles. The summed E-state index contributed by atoms with van der Waals surface area (Å²) in [6.07, 6.45) is 1.23. The second-order valence-electron chi connectivity index (χ2n) is 7.44. The fourth-order valence-electron chi connectivity index (χ4n) is 3.72. The van der Waals surface area contributed by atoms with Gasteiger partial charge in [-0.3, -0.25) is 4.79 Å². The first-order valence-corrected chi connectivity index (χ1v) is 11.4. The van der Waals surface area contributed by atoms with E-state index < -0.39 is 26.3 Å². The molecule has 1 N–H and O–H groups in total. The summed E-state index contributed by atoms with van der Waals surface area (Å²) in [5.41, 5.74) is 0.453. The predicted molar refractivity (Wildman–Crippen MR) is 114 cm³/mol. The summed E-state index contributed by atoms with van der Waals surface area (Å²) in [5, 5.41) is 0.703. The van der Waals surface area contributed by atoms with Gasteiger partial charge < -0.3 is 14.5 Å². The molecular weight excluding hydrogens is 423 g/mol. The number of nitrogens with one attached hydrogen (secondary N) is 1. The number of methoxy groups -OCH3 is 1. The molecule has 164 valence electrons. The summed E-state index contributed by atoms with van der Waals surface area (Å²) in [6.45, 7) is 0.375. The maximum Gasteiger partial charge on any atom is 0.252 e. The van der Waals surface area contributed by atoms with Gasteiger partial charge in [0, 0.05) is 36.2 Å². The first-order chi connectivity index (χ1) is 14.9. The molecule has 31 heavy (non-hydrogen) atoms. The van der Waals surface area contributed by atoms with Crippen LogP contribution in [0.2, 0.25) is 0 Å². The second-order valence-corrected chi connectivity index (χ2v) is 9.35. The number of hydrogen-bond acceptors (Lipinski definition) is 5. The zero-order chi connectivity index (χ0) is 22.0. The minimum atomic E-state index is -4.20. The summed E-state index contributed by atoms with van der Waals surface area (Å²) in [7, 11) is -2.66. The normalized spacial score (nSPS) is 16.8. The van der Waals surface area contributed by atoms with Crippen LogP contribution in [0, 0.1) is 5.82 Å². The van der Waals surface area contributed by atoms with Crippen molar-refractivity contribution < 1.29 is 22.3 Å². The summed E-state index contributed by atoms with van der Waals surface area (Å²) >= 11 is 0. The fourth-order valence-corrected chi connectivity index (χ4v) is 5.24. The highest BCUT2D eigenvalue weighted by Gasteiger charge is 2.31. The number of aromatic nitrogens is 1. The molecule has 0 bridgehead atoms. The molecule has 3 aromatic rings. The van der Waals surface area contributed by atoms with Gasteiger partial charge in [-0.25, -0.2) is 12.8 Å². The highest BCUT2D eigenvalue weighted by molar-refractivity contribution is 7.89. The third kappa shape index (κ3) is 4.48. The lowest BCUT2D eigenvalue weighted by Crippen LogP contribution is -2.38. The number of pyridine rings is 1. The Morgan fingerprint density at radius 1 is 1.23 bits per heavy atom. The van der Waals surface area contributed by atoms with E-state index in [1.54, 1.807) is 24.3 Å². The van der Waals surface area contributed by atoms with Gasteiger partial charge >= 0.3 is 0 Å². The number of rotatable bonds is 7. The Morgan fingerprint density at radius 2 is 2.03 bits per heavy atom. The van der Waals surface area contributed by atoms with Crippen LogP contribution in [0.4, 0.5) is 4.39 Å². The Hall–Kier alpha value is -2.75. The van der Waals surface area contributed by atoms with Crippen molar-refractivity contribution in [1.82, 2.24) is 9.29 Å². The topological polar surface area (TPSA) is 88.7 Å². The van der Waals surface area contributed by atoms with Crippen molar-refractivity contribution in [2.45, 2.75) is 30.4 Å². The van der Waals surface area contributed by atoms with Gasteiger partial charge in [0.1, 0.15) is 16.5 Å². The Morgan fingerprint density at radius 3 is 2.74 bits per heavy atom. The van der Waals surface area contributed by atoms with Crippen molar-refractivity contribution in [3.8, 4) is 5.75 Å². The molecule has 2 heterocycles. The van der Waals surface area contributed by atoms with Crippen LogP contribution in [0.15, 0.2) is 58.2 Å². The molecule has 1 aliphatic heterocycles. The van der Waals surface area contributed by atoms with E-state index in [9.17, 15) is 17.6 Å². The molecule has 0 aliphatic carbocycles. The molecule has 2 aromatic carbocycles. The van der Waals surface area contributed by atoms with E-state index in [2.05, 4.69) is 4.98 Å². The Balaban J connectivity index is 1.75. The Labute approximate surface area is 179 Å². The van der Waals surface area contributed by atoms with Crippen LogP contribution >= 0.6 is 0 Å². The lowest BCUT2D eigenvalue weighted by atomic mass is 10.1. The van der Waals surface area contributed by atoms with Crippen molar-refractivity contribution in [1.29, 1.82) is 0 Å². The van der Waals surface area contributed by atoms with Crippen molar-refractivity contribution in [2.75, 3.05) is 20.3 Å². The van der Waals surface area contributed by atoms with Crippen LogP contribution < -0.4 is 10.3 Å². The minimum absolute atomic E-state index is 0.0340. The summed E-state index contributed by atoms with van der Waals surface area (Å²) in [4.78, 5) is 15.0. The summed E-state index contributed by atoms with van der Waals surface area (Å²) in [5.74, 6) is -0.224. The van der Waals surface area contributed by atoms with Crippen LogP contribution in [-0.2, 0) is 21.3 Å². The van der Waals surface area contributed by atoms with E-state index in [0.717, 1.165) is 16.8 Å². The van der Waals surface area contributed by atoms with E-state index in [1.807, 2.05) is 0 Å². The van der Waals surface area contributed by atoms with Crippen molar-refractivity contribution in [3.05, 3.63) is 70.3 Å². The lowest BCUT2D eigenvalue weighted by molar-refractivity contribution is 0.0925. The third-order valence-corrected chi connectivity index (χ3v) is 7.21. The zero-order valence-electron chi connectivity index (χ0n) is 17.0. The molecule has 0 unspecified atom stereocenters. The molecule has 1 saturated heterocycles. The first kappa shape index (κ1) is 21.5. The van der Waals surface area contributed by atoms with E-state index in [4.69, 9.17) is 9.47 Å². The average Bonchev–Trinajstić information content (AvgIpc) is 3.27. The van der Waals surface area contributed by atoms with Gasteiger partial charge in [0.15, 0.2) is 0 Å². The second kappa shape index (κ2) is 8.78. The van der Waals surface area contributed by atoms with Gasteiger partial charge in [0.25, 0.3) is 5.56 Å². The Bertz CT molecular complexity index is 1250. The van der Waals surface area contributed by atoms with Gasteiger partial charge in [-0.1, -0.05) is 12.1 Å². The largest absolute Gasteiger partial charge is 0.497 e. The number of nitrogens with zero attached hydrogens (tertiary/aromatic N) is 1. The van der Waals surface area contributed by atoms with Crippen LogP contribution in [0.25, 0.3) is 10.9 Å². The number of aromatic amines is 1. The van der Waals surface area contributed by atoms with Gasteiger partial charge in [0.2, 0.25) is 10.0 Å². The average molecular weight is 447 g/mol. The monoisotopic (exact) mass is 446 g/mol. The van der Waals surface area contributed by atoms with Gasteiger partial charge in [0.05, 0.1) is 13.2 Å². The van der Waals surface area contributed by atoms with Gasteiger partial charge in [-0.15, -0.1) is 0 Å². The highest BCUT2D eigenvalue weighted by atomic mass is 32.2. The van der Waals surface area contributed by atoms with Crippen molar-refractivity contribution >= 4 is 20.9 Å². The maximum atomic E-state index is 14.4. The molecule has 9 heteroatoms. The Kier molecular flexibility index (Phi) is 6.08. The number of halogens is 1. The standard InChI is InChI=1S/C22H23FN2O5S/c1-29-17-8-9-20-15(12-17)11-16(22(26)24-20)13-25(14-18-5-4-10-30-18)31(27,28)21-7-3-2-6-19(21)23/h2-3,6-9,11-12,18H,4-5,10,13-14H2,1H3,(H,24,26)/t18-/m1/s1. The SMILES string of the molecule is COc1ccc2[nH]c(=O)c(CN(C[C@H]3CCCO3)S(=O)(=O)c3ccccc3F)cc2c1. The van der Waals surface area contributed by atoms with E-state index in [0.29, 0.717) is 29.7 Å². The molecular formula is C22H23FN2O5S. The number of benzene rings is 2. The van der Waals surface area contributed by atoms with Crippen LogP contribution in [0.3, 0.4) is 0 Å². The molecule has 0 amide bonds. The molecule has 0 spiro atoms. The minimum Gasteiger partial charge on any atom is -0.497 e. The van der Waals surface area contributed by atoms with Crippen molar-refractivity contribution in [3.63, 3.8) is 0 Å². The van der Waals surface area contributed by atoms with Gasteiger partial charge in [-0.2, -0.15) is 4.31 Å². The number of fused-ring (bicyclic) bond motifs is 1. The molecule has 1 aromatic heterocycles. The molecule has 1 aliphatic rings. The predicted octanol–water partition coefficient (Wildman–Crippen LogP) is 3.05. The quantitative estimate of drug-likeness (QED) is 0.603. The van der Waals surface area contributed by atoms with E-state index in [-0.39, 0.29) is 24.8 Å². The molecule has 1 fully saturated rings. The third-order valence-electron chi connectivity index (χ3n) is 5.36. The smallest absolute Gasteiger partial charge is 0.252 e. The number of H-pyrrole nitrogens is 1. The molecule has 1 atom stereocenters. The van der Waals surface area contributed by atoms with Crippen LogP contribution in [-0.4, -0.2) is 44.1 Å². The highest BCUT2D eigenvalue weighted by Crippen LogP contribution is 2.25. The molecule has 4 rings (SSSR count). The molecule has 7 nitrogen and oxygen atoms in total. The zero-order valence-corrected chi connectivity index (χ0v) is 17.8. The number of ether oxygens (including phenoxy) is 2. The van der Waals surface area contributed by atoms with Gasteiger partial charge in [-0.05, 0) is 49.2 Å². The fraction of sp³-hybridized carbons (Fsp3) is 0.318. The van der Waals surface area contributed by atoms with E-state index in [1.165, 1.54) is 25.3 Å². The van der Waals surface area contributed by atoms with Crippen LogP contribution in [0.5, 0.6) is 5.75 Å². The molecule has 0 radical (unpaired) electrons. The van der Waals surface area contributed by atoms with Crippen molar-refractivity contribution in [2.24, 2.45) is 0 Å². The maximum absolute atomic E-state index is 14.4. The van der Waals surface area contributed by atoms with E-state index >= 15 is 0 Å². The summed E-state index contributed by atoms with van der Waals surface area (Å²) in [6, 6.07) is 12.1. The number of hydrogen-bond donors (Lipinski definition) is 1. The van der Waals surface area contributed by atoms with Crippen LogP contribution in [0.1, 0.15) is 18.4 Å².